The SMILES string of the molecule is CC(C)c1ccc(/C=C2/SC(=O)N(CC(=O)c3ccc([N+](=O)[O-])cc3)C2=O)cc1. The van der Waals surface area contributed by atoms with Crippen LogP contribution in [0.2, 0.25) is 0 Å². The molecule has 0 atom stereocenters. The summed E-state index contributed by atoms with van der Waals surface area (Å²) >= 11 is 0.788. The van der Waals surface area contributed by atoms with Crippen LogP contribution in [0.5, 0.6) is 0 Å². The number of thioether (sulfide) groups is 1. The zero-order chi connectivity index (χ0) is 21.1. The number of nitro groups is 1. The summed E-state index contributed by atoms with van der Waals surface area (Å²) in [6, 6.07) is 12.7. The van der Waals surface area contributed by atoms with E-state index in [1.165, 1.54) is 29.8 Å². The van der Waals surface area contributed by atoms with Gasteiger partial charge >= 0.3 is 0 Å². The Morgan fingerprint density at radius 3 is 2.28 bits per heavy atom. The zero-order valence-corrected chi connectivity index (χ0v) is 16.6. The molecule has 0 bridgehead atoms. The highest BCUT2D eigenvalue weighted by molar-refractivity contribution is 8.18. The third-order valence-corrected chi connectivity index (χ3v) is 5.38. The van der Waals surface area contributed by atoms with Gasteiger partial charge in [0.1, 0.15) is 0 Å². The molecule has 3 rings (SSSR count). The molecule has 2 aromatic carbocycles. The lowest BCUT2D eigenvalue weighted by Gasteiger charge is -2.11. The lowest BCUT2D eigenvalue weighted by Crippen LogP contribution is -2.33. The Balaban J connectivity index is 1.73. The number of carbonyl (C=O) groups is 3. The van der Waals surface area contributed by atoms with Gasteiger partial charge in [-0.25, -0.2) is 0 Å². The average molecular weight is 410 g/mol. The second kappa shape index (κ2) is 8.40. The summed E-state index contributed by atoms with van der Waals surface area (Å²) in [7, 11) is 0. The number of nitrogens with zero attached hydrogens (tertiary/aromatic N) is 2. The lowest BCUT2D eigenvalue weighted by atomic mass is 10.0. The maximum absolute atomic E-state index is 12.6. The molecule has 1 fully saturated rings. The molecule has 0 aliphatic carbocycles. The number of benzene rings is 2. The van der Waals surface area contributed by atoms with Crippen molar-refractivity contribution in [3.63, 3.8) is 0 Å². The number of non-ortho nitro benzene ring substituents is 1. The molecule has 8 heteroatoms. The molecule has 148 valence electrons. The largest absolute Gasteiger partial charge is 0.293 e. The van der Waals surface area contributed by atoms with E-state index in [4.69, 9.17) is 0 Å². The molecule has 1 aliphatic rings. The Morgan fingerprint density at radius 1 is 1.10 bits per heavy atom. The molecule has 0 aromatic heterocycles. The van der Waals surface area contributed by atoms with E-state index < -0.39 is 28.4 Å². The molecule has 1 aliphatic heterocycles. The molecule has 2 aromatic rings. The first kappa shape index (κ1) is 20.5. The standard InChI is InChI=1S/C21H18N2O5S/c1-13(2)15-5-3-14(4-6-15)11-19-20(25)22(21(26)29-19)12-18(24)16-7-9-17(10-8-16)23(27)28/h3-11,13H,12H2,1-2H3/b19-11+. The number of hydrogen-bond donors (Lipinski definition) is 0. The van der Waals surface area contributed by atoms with Gasteiger partial charge in [-0.05, 0) is 47.0 Å². The molecule has 1 heterocycles. The average Bonchev–Trinajstić information content (AvgIpc) is 2.95. The van der Waals surface area contributed by atoms with Crippen molar-refractivity contribution in [3.05, 3.63) is 80.2 Å². The first-order chi connectivity index (χ1) is 13.8. The van der Waals surface area contributed by atoms with Crippen LogP contribution >= 0.6 is 11.8 Å². The first-order valence-corrected chi connectivity index (χ1v) is 9.71. The fourth-order valence-corrected chi connectivity index (χ4v) is 3.61. The van der Waals surface area contributed by atoms with E-state index in [-0.39, 0.29) is 16.2 Å². The predicted molar refractivity (Wildman–Crippen MR) is 111 cm³/mol. The summed E-state index contributed by atoms with van der Waals surface area (Å²) in [5.74, 6) is -0.602. The van der Waals surface area contributed by atoms with E-state index in [1.54, 1.807) is 6.08 Å². The van der Waals surface area contributed by atoms with Crippen molar-refractivity contribution in [2.75, 3.05) is 6.54 Å². The summed E-state index contributed by atoms with van der Waals surface area (Å²) in [6.45, 7) is 3.76. The van der Waals surface area contributed by atoms with Crippen LogP contribution in [0, 0.1) is 10.1 Å². The maximum Gasteiger partial charge on any atom is 0.293 e. The number of ketones is 1. The van der Waals surface area contributed by atoms with Gasteiger partial charge in [0.05, 0.1) is 16.4 Å². The Kier molecular flexibility index (Phi) is 5.93. The van der Waals surface area contributed by atoms with Gasteiger partial charge in [-0.1, -0.05) is 38.1 Å². The van der Waals surface area contributed by atoms with Gasteiger partial charge in [0, 0.05) is 17.7 Å². The van der Waals surface area contributed by atoms with Crippen molar-refractivity contribution >= 4 is 40.5 Å². The number of nitro benzene ring substituents is 1. The highest BCUT2D eigenvalue weighted by Crippen LogP contribution is 2.32. The van der Waals surface area contributed by atoms with E-state index in [1.807, 2.05) is 24.3 Å². The third kappa shape index (κ3) is 4.60. The van der Waals surface area contributed by atoms with E-state index in [0.717, 1.165) is 22.2 Å². The number of carbonyl (C=O) groups excluding carboxylic acids is 3. The fraction of sp³-hybridized carbons (Fsp3) is 0.190. The molecular weight excluding hydrogens is 392 g/mol. The minimum Gasteiger partial charge on any atom is -0.292 e. The molecule has 29 heavy (non-hydrogen) atoms. The Hall–Kier alpha value is -3.26. The molecular formula is C21H18N2O5S. The topological polar surface area (TPSA) is 97.6 Å². The molecule has 1 saturated heterocycles. The van der Waals surface area contributed by atoms with Crippen LogP contribution < -0.4 is 0 Å². The summed E-state index contributed by atoms with van der Waals surface area (Å²) in [5.41, 5.74) is 2.02. The van der Waals surface area contributed by atoms with Crippen molar-refractivity contribution < 1.29 is 19.3 Å². The zero-order valence-electron chi connectivity index (χ0n) is 15.8. The number of amides is 2. The van der Waals surface area contributed by atoms with Crippen molar-refractivity contribution in [1.82, 2.24) is 4.90 Å². The van der Waals surface area contributed by atoms with Crippen LogP contribution in [0.4, 0.5) is 10.5 Å². The molecule has 0 N–H and O–H groups in total. The summed E-state index contributed by atoms with van der Waals surface area (Å²) in [6.07, 6.45) is 1.63. The fourth-order valence-electron chi connectivity index (χ4n) is 2.77. The highest BCUT2D eigenvalue weighted by atomic mass is 32.2. The van der Waals surface area contributed by atoms with Crippen LogP contribution in [0.25, 0.3) is 6.08 Å². The molecule has 0 radical (unpaired) electrons. The van der Waals surface area contributed by atoms with Crippen molar-refractivity contribution in [1.29, 1.82) is 0 Å². The molecule has 2 amide bonds. The predicted octanol–water partition coefficient (Wildman–Crippen LogP) is 4.64. The first-order valence-electron chi connectivity index (χ1n) is 8.89. The smallest absolute Gasteiger partial charge is 0.292 e. The van der Waals surface area contributed by atoms with E-state index in [2.05, 4.69) is 13.8 Å². The van der Waals surface area contributed by atoms with Gasteiger partial charge in [0.15, 0.2) is 5.78 Å². The minimum absolute atomic E-state index is 0.140. The molecule has 0 spiro atoms. The van der Waals surface area contributed by atoms with E-state index >= 15 is 0 Å². The summed E-state index contributed by atoms with van der Waals surface area (Å²) in [4.78, 5) is 48.5. The van der Waals surface area contributed by atoms with Crippen LogP contribution in [0.3, 0.4) is 0 Å². The Morgan fingerprint density at radius 2 is 1.72 bits per heavy atom. The van der Waals surface area contributed by atoms with Gasteiger partial charge in [-0.2, -0.15) is 0 Å². The maximum atomic E-state index is 12.6. The number of hydrogen-bond acceptors (Lipinski definition) is 6. The number of Topliss-reactive ketones (excluding diaryl/α,β-unsaturated/α-hetero) is 1. The van der Waals surface area contributed by atoms with Crippen molar-refractivity contribution in [2.24, 2.45) is 0 Å². The Bertz CT molecular complexity index is 1010. The third-order valence-electron chi connectivity index (χ3n) is 4.48. The van der Waals surface area contributed by atoms with Crippen LogP contribution in [-0.2, 0) is 4.79 Å². The van der Waals surface area contributed by atoms with Gasteiger partial charge in [-0.3, -0.25) is 29.4 Å². The van der Waals surface area contributed by atoms with Crippen LogP contribution in [0.1, 0.15) is 41.3 Å². The van der Waals surface area contributed by atoms with Crippen molar-refractivity contribution in [3.8, 4) is 0 Å². The molecule has 0 unspecified atom stereocenters. The summed E-state index contributed by atoms with van der Waals surface area (Å²) in [5, 5.41) is 10.2. The van der Waals surface area contributed by atoms with Gasteiger partial charge < -0.3 is 0 Å². The summed E-state index contributed by atoms with van der Waals surface area (Å²) < 4.78 is 0. The van der Waals surface area contributed by atoms with E-state index in [0.29, 0.717) is 5.92 Å². The molecule has 7 nitrogen and oxygen atoms in total. The highest BCUT2D eigenvalue weighted by Gasteiger charge is 2.36. The minimum atomic E-state index is -0.566. The normalized spacial score (nSPS) is 15.4. The van der Waals surface area contributed by atoms with Crippen molar-refractivity contribution in [2.45, 2.75) is 19.8 Å². The van der Waals surface area contributed by atoms with Gasteiger partial charge in [-0.15, -0.1) is 0 Å². The van der Waals surface area contributed by atoms with E-state index in [9.17, 15) is 24.5 Å². The monoisotopic (exact) mass is 410 g/mol. The van der Waals surface area contributed by atoms with Crippen LogP contribution in [-0.4, -0.2) is 33.3 Å². The quantitative estimate of drug-likeness (QED) is 0.298. The molecule has 0 saturated carbocycles. The number of imide groups is 1. The van der Waals surface area contributed by atoms with Gasteiger partial charge in [0.25, 0.3) is 16.8 Å². The number of rotatable bonds is 6. The van der Waals surface area contributed by atoms with Gasteiger partial charge in [0.2, 0.25) is 0 Å². The second-order valence-corrected chi connectivity index (χ2v) is 7.81. The lowest BCUT2D eigenvalue weighted by molar-refractivity contribution is -0.384. The Labute approximate surface area is 171 Å². The second-order valence-electron chi connectivity index (χ2n) is 6.82. The van der Waals surface area contributed by atoms with Crippen LogP contribution in [0.15, 0.2) is 53.4 Å².